The number of hydrogen-bond acceptors (Lipinski definition) is 7. The lowest BCUT2D eigenvalue weighted by molar-refractivity contribution is -0.132. The number of ether oxygens (including phenoxy) is 2. The van der Waals surface area contributed by atoms with E-state index in [0.717, 1.165) is 15.8 Å². The molecule has 0 spiro atoms. The fraction of sp³-hybridized carbons (Fsp3) is 0.148. The van der Waals surface area contributed by atoms with Gasteiger partial charge in [-0.15, -0.1) is 0 Å². The van der Waals surface area contributed by atoms with E-state index in [-0.39, 0.29) is 11.3 Å². The van der Waals surface area contributed by atoms with Crippen molar-refractivity contribution < 1.29 is 24.2 Å². The highest BCUT2D eigenvalue weighted by molar-refractivity contribution is 7.22. The van der Waals surface area contributed by atoms with Gasteiger partial charge in [0.2, 0.25) is 0 Å². The Balaban J connectivity index is 1.72. The van der Waals surface area contributed by atoms with Crippen molar-refractivity contribution in [3.8, 4) is 11.5 Å². The van der Waals surface area contributed by atoms with Crippen LogP contribution in [0.4, 0.5) is 5.13 Å². The van der Waals surface area contributed by atoms with Crippen LogP contribution in [0, 0.1) is 6.92 Å². The second-order valence-electron chi connectivity index (χ2n) is 8.14. The molecule has 1 aliphatic heterocycles. The number of thiazole rings is 1. The van der Waals surface area contributed by atoms with Crippen molar-refractivity contribution in [2.24, 2.45) is 0 Å². The summed E-state index contributed by atoms with van der Waals surface area (Å²) in [5, 5.41) is 11.6. The Labute approximate surface area is 205 Å². The Bertz CT molecular complexity index is 1490. The van der Waals surface area contributed by atoms with Crippen LogP contribution in [-0.2, 0) is 9.59 Å². The van der Waals surface area contributed by atoms with Gasteiger partial charge in [-0.2, -0.15) is 0 Å². The van der Waals surface area contributed by atoms with Crippen molar-refractivity contribution in [3.63, 3.8) is 0 Å². The Morgan fingerprint density at radius 2 is 1.71 bits per heavy atom. The molecule has 1 aromatic heterocycles. The van der Waals surface area contributed by atoms with Crippen molar-refractivity contribution in [1.29, 1.82) is 0 Å². The third-order valence-corrected chi connectivity index (χ3v) is 6.97. The molecule has 1 aliphatic rings. The number of hydrogen-bond donors (Lipinski definition) is 1. The summed E-state index contributed by atoms with van der Waals surface area (Å²) in [6.07, 6.45) is 0. The number of nitrogens with zero attached hydrogens (tertiary/aromatic N) is 2. The average molecular weight is 487 g/mol. The molecule has 2 heterocycles. The number of carbonyl (C=O) groups excluding carboxylic acids is 2. The first-order valence-electron chi connectivity index (χ1n) is 10.9. The van der Waals surface area contributed by atoms with Gasteiger partial charge in [-0.3, -0.25) is 14.5 Å². The molecule has 1 saturated heterocycles. The van der Waals surface area contributed by atoms with Crippen LogP contribution in [0.1, 0.15) is 22.7 Å². The van der Waals surface area contributed by atoms with E-state index in [4.69, 9.17) is 9.47 Å². The fourth-order valence-corrected chi connectivity index (χ4v) is 5.27. The second-order valence-corrected chi connectivity index (χ2v) is 9.15. The lowest BCUT2D eigenvalue weighted by atomic mass is 9.95. The van der Waals surface area contributed by atoms with E-state index in [0.29, 0.717) is 27.8 Å². The van der Waals surface area contributed by atoms with E-state index in [1.807, 2.05) is 25.1 Å². The van der Waals surface area contributed by atoms with E-state index >= 15 is 0 Å². The van der Waals surface area contributed by atoms with Gasteiger partial charge in [-0.1, -0.05) is 29.5 Å². The lowest BCUT2D eigenvalue weighted by Gasteiger charge is -2.23. The molecule has 0 saturated carbocycles. The first kappa shape index (κ1) is 22.6. The summed E-state index contributed by atoms with van der Waals surface area (Å²) >= 11 is 1.33. The Morgan fingerprint density at radius 3 is 2.43 bits per heavy atom. The normalized spacial score (nSPS) is 17.2. The minimum Gasteiger partial charge on any atom is -0.507 e. The highest BCUT2D eigenvalue weighted by atomic mass is 32.1. The molecular weight excluding hydrogens is 464 g/mol. The van der Waals surface area contributed by atoms with Crippen LogP contribution in [-0.4, -0.2) is 36.0 Å². The van der Waals surface area contributed by atoms with Crippen molar-refractivity contribution >= 4 is 44.1 Å². The summed E-state index contributed by atoms with van der Waals surface area (Å²) in [5.41, 5.74) is 2.81. The van der Waals surface area contributed by atoms with Gasteiger partial charge in [0.1, 0.15) is 17.3 Å². The molecule has 8 heteroatoms. The minimum absolute atomic E-state index is 0.0103. The third kappa shape index (κ3) is 3.91. The summed E-state index contributed by atoms with van der Waals surface area (Å²) in [6, 6.07) is 18.7. The number of carbonyl (C=O) groups is 2. The smallest absolute Gasteiger partial charge is 0.301 e. The standard InChI is InChI=1S/C27H22N2O5S/c1-15-7-12-20-21(13-15)35-27(28-20)29-23(17-5-4-6-19(14-17)34-3)22(25(31)26(29)32)24(30)16-8-10-18(33-2)11-9-16/h4-14,23,30H,1-3H3/b24-22+/t23-/m0/s1. The van der Waals surface area contributed by atoms with Gasteiger partial charge in [0.25, 0.3) is 5.78 Å². The van der Waals surface area contributed by atoms with Crippen LogP contribution in [0.2, 0.25) is 0 Å². The zero-order chi connectivity index (χ0) is 24.7. The topological polar surface area (TPSA) is 89.0 Å². The van der Waals surface area contributed by atoms with Crippen molar-refractivity contribution in [2.75, 3.05) is 19.1 Å². The quantitative estimate of drug-likeness (QED) is 0.236. The van der Waals surface area contributed by atoms with Gasteiger partial charge >= 0.3 is 5.91 Å². The summed E-state index contributed by atoms with van der Waals surface area (Å²) < 4.78 is 11.5. The number of benzene rings is 3. The van der Waals surface area contributed by atoms with Crippen LogP contribution < -0.4 is 14.4 Å². The monoisotopic (exact) mass is 486 g/mol. The van der Waals surface area contributed by atoms with Gasteiger partial charge in [0, 0.05) is 5.56 Å². The predicted octanol–water partition coefficient (Wildman–Crippen LogP) is 5.25. The molecule has 0 aliphatic carbocycles. The van der Waals surface area contributed by atoms with Gasteiger partial charge < -0.3 is 14.6 Å². The molecule has 1 atom stereocenters. The number of anilines is 1. The van der Waals surface area contributed by atoms with Gasteiger partial charge in [0.15, 0.2) is 5.13 Å². The Kier molecular flexibility index (Phi) is 5.74. The molecule has 35 heavy (non-hydrogen) atoms. The zero-order valence-corrected chi connectivity index (χ0v) is 20.1. The number of rotatable bonds is 5. The summed E-state index contributed by atoms with van der Waals surface area (Å²) in [7, 11) is 3.09. The zero-order valence-electron chi connectivity index (χ0n) is 19.3. The van der Waals surface area contributed by atoms with E-state index in [2.05, 4.69) is 4.98 Å². The fourth-order valence-electron chi connectivity index (χ4n) is 4.18. The third-order valence-electron chi connectivity index (χ3n) is 5.96. The Hall–Kier alpha value is -4.17. The number of amides is 1. The van der Waals surface area contributed by atoms with Crippen molar-refractivity contribution in [3.05, 3.63) is 89.0 Å². The maximum atomic E-state index is 13.4. The maximum absolute atomic E-state index is 13.4. The number of aliphatic hydroxyl groups is 1. The summed E-state index contributed by atoms with van der Waals surface area (Å²) in [4.78, 5) is 32.7. The molecule has 0 bridgehead atoms. The van der Waals surface area contributed by atoms with Crippen molar-refractivity contribution in [2.45, 2.75) is 13.0 Å². The molecule has 1 N–H and O–H groups in total. The SMILES string of the molecule is COc1ccc(/C(O)=C2\C(=O)C(=O)N(c3nc4ccc(C)cc4s3)[C@H]2c2cccc(OC)c2)cc1. The van der Waals surface area contributed by atoms with Crippen LogP contribution in [0.15, 0.2) is 72.3 Å². The highest BCUT2D eigenvalue weighted by Crippen LogP contribution is 2.45. The maximum Gasteiger partial charge on any atom is 0.301 e. The minimum atomic E-state index is -0.881. The largest absolute Gasteiger partial charge is 0.507 e. The van der Waals surface area contributed by atoms with Gasteiger partial charge in [0.05, 0.1) is 36.1 Å². The van der Waals surface area contributed by atoms with Crippen LogP contribution in [0.5, 0.6) is 11.5 Å². The number of aryl methyl sites for hydroxylation is 1. The summed E-state index contributed by atoms with van der Waals surface area (Å²) in [6.45, 7) is 1.98. The molecular formula is C27H22N2O5S. The van der Waals surface area contributed by atoms with Gasteiger partial charge in [-0.05, 0) is 66.6 Å². The molecule has 4 aromatic rings. The number of ketones is 1. The molecule has 1 amide bonds. The first-order valence-corrected chi connectivity index (χ1v) is 11.7. The molecule has 0 unspecified atom stereocenters. The lowest BCUT2D eigenvalue weighted by Crippen LogP contribution is -2.29. The van der Waals surface area contributed by atoms with E-state index in [1.54, 1.807) is 62.8 Å². The van der Waals surface area contributed by atoms with E-state index in [9.17, 15) is 14.7 Å². The molecule has 3 aromatic carbocycles. The van der Waals surface area contributed by atoms with E-state index < -0.39 is 17.7 Å². The molecule has 176 valence electrons. The van der Waals surface area contributed by atoms with Crippen LogP contribution >= 0.6 is 11.3 Å². The Morgan fingerprint density at radius 1 is 0.971 bits per heavy atom. The number of methoxy groups -OCH3 is 2. The predicted molar refractivity (Wildman–Crippen MR) is 135 cm³/mol. The van der Waals surface area contributed by atoms with E-state index in [1.165, 1.54) is 16.2 Å². The summed E-state index contributed by atoms with van der Waals surface area (Å²) in [5.74, 6) is -0.614. The molecule has 0 radical (unpaired) electrons. The molecule has 5 rings (SSSR count). The molecule has 1 fully saturated rings. The number of fused-ring (bicyclic) bond motifs is 1. The second kappa shape index (κ2) is 8.88. The first-order chi connectivity index (χ1) is 16.9. The number of Topliss-reactive ketones (excluding diaryl/α,β-unsaturated/α-hetero) is 1. The number of aliphatic hydroxyl groups excluding tert-OH is 1. The number of aromatic nitrogens is 1. The molecule has 7 nitrogen and oxygen atoms in total. The highest BCUT2D eigenvalue weighted by Gasteiger charge is 2.48. The van der Waals surface area contributed by atoms with Crippen molar-refractivity contribution in [1.82, 2.24) is 4.98 Å². The van der Waals surface area contributed by atoms with Crippen LogP contribution in [0.25, 0.3) is 16.0 Å². The van der Waals surface area contributed by atoms with Gasteiger partial charge in [-0.25, -0.2) is 4.98 Å². The van der Waals surface area contributed by atoms with Crippen LogP contribution in [0.3, 0.4) is 0 Å². The average Bonchev–Trinajstić information content (AvgIpc) is 3.41.